The molecule has 28 heavy (non-hydrogen) atoms. The highest BCUT2D eigenvalue weighted by Crippen LogP contribution is 2.41. The zero-order valence-corrected chi connectivity index (χ0v) is 16.9. The van der Waals surface area contributed by atoms with Gasteiger partial charge >= 0.3 is 6.11 Å². The molecule has 0 radical (unpaired) electrons. The molecule has 1 fully saturated rings. The molecule has 0 aliphatic heterocycles. The highest BCUT2D eigenvalue weighted by atomic mass is 19.3. The fourth-order valence-electron chi connectivity index (χ4n) is 4.25. The van der Waals surface area contributed by atoms with Crippen molar-refractivity contribution >= 4 is 10.8 Å². The molecule has 4 heteroatoms. The maximum atomic E-state index is 14.7. The van der Waals surface area contributed by atoms with Gasteiger partial charge < -0.3 is 4.74 Å². The van der Waals surface area contributed by atoms with Crippen molar-refractivity contribution in [1.82, 2.24) is 0 Å². The second kappa shape index (κ2) is 9.19. The number of hydrogen-bond donors (Lipinski definition) is 0. The largest absolute Gasteiger partial charge is 0.429 e. The molecule has 0 spiro atoms. The van der Waals surface area contributed by atoms with Crippen LogP contribution in [0.2, 0.25) is 0 Å². The van der Waals surface area contributed by atoms with E-state index in [0.29, 0.717) is 18.8 Å². The average molecular weight is 393 g/mol. The van der Waals surface area contributed by atoms with Gasteiger partial charge in [0.15, 0.2) is 11.6 Å². The number of rotatable bonds is 8. The van der Waals surface area contributed by atoms with Gasteiger partial charge in [0.25, 0.3) is 0 Å². The summed E-state index contributed by atoms with van der Waals surface area (Å²) in [5.74, 6) is -1.39. The van der Waals surface area contributed by atoms with Gasteiger partial charge in [-0.1, -0.05) is 51.3 Å². The van der Waals surface area contributed by atoms with Gasteiger partial charge in [-0.15, -0.1) is 0 Å². The van der Waals surface area contributed by atoms with E-state index in [9.17, 15) is 13.2 Å². The topological polar surface area (TPSA) is 9.23 Å². The molecular weight excluding hydrogens is 361 g/mol. The van der Waals surface area contributed by atoms with Crippen LogP contribution in [-0.2, 0) is 6.42 Å². The first-order valence-electron chi connectivity index (χ1n) is 10.7. The molecule has 3 rings (SSSR count). The molecule has 0 aromatic heterocycles. The van der Waals surface area contributed by atoms with E-state index in [1.54, 1.807) is 0 Å². The maximum Gasteiger partial charge on any atom is 0.400 e. The van der Waals surface area contributed by atoms with Gasteiger partial charge in [0.05, 0.1) is 5.92 Å². The molecule has 2 aromatic carbocycles. The average Bonchev–Trinajstić information content (AvgIpc) is 2.69. The summed E-state index contributed by atoms with van der Waals surface area (Å²) in [6.07, 6.45) is 4.49. The lowest BCUT2D eigenvalue weighted by Crippen LogP contribution is -2.37. The van der Waals surface area contributed by atoms with Crippen molar-refractivity contribution in [2.45, 2.75) is 77.7 Å². The number of halogens is 3. The molecule has 154 valence electrons. The van der Waals surface area contributed by atoms with Crippen molar-refractivity contribution in [2.24, 2.45) is 11.8 Å². The summed E-state index contributed by atoms with van der Waals surface area (Å²) >= 11 is 0. The van der Waals surface area contributed by atoms with E-state index in [-0.39, 0.29) is 5.75 Å². The highest BCUT2D eigenvalue weighted by Gasteiger charge is 2.44. The van der Waals surface area contributed by atoms with Gasteiger partial charge in [0.2, 0.25) is 0 Å². The smallest absolute Gasteiger partial charge is 0.400 e. The van der Waals surface area contributed by atoms with E-state index < -0.39 is 17.8 Å². The van der Waals surface area contributed by atoms with Gasteiger partial charge in [-0.25, -0.2) is 4.39 Å². The predicted molar refractivity (Wildman–Crippen MR) is 108 cm³/mol. The van der Waals surface area contributed by atoms with Crippen LogP contribution in [0.5, 0.6) is 5.75 Å². The van der Waals surface area contributed by atoms with Gasteiger partial charge in [0, 0.05) is 0 Å². The third-order valence-electron chi connectivity index (χ3n) is 6.17. The number of benzene rings is 2. The first-order chi connectivity index (χ1) is 13.4. The van der Waals surface area contributed by atoms with E-state index >= 15 is 0 Å². The quantitative estimate of drug-likeness (QED) is 0.415. The third-order valence-corrected chi connectivity index (χ3v) is 6.17. The molecule has 0 bridgehead atoms. The Morgan fingerprint density at radius 2 is 1.71 bits per heavy atom. The fraction of sp³-hybridized carbons (Fsp3) is 0.583. The Hall–Kier alpha value is -1.71. The predicted octanol–water partition coefficient (Wildman–Crippen LogP) is 7.90. The standard InChI is InChI=1S/C24H31F3O/c1-3-5-6-7-18-8-11-19-16-23(22(25)15-20(19)14-18)28-24(26,27)21-12-9-17(4-2)10-13-21/h8,11,14-17,21H,3-7,9-10,12-13H2,1-2H3. The summed E-state index contributed by atoms with van der Waals surface area (Å²) < 4.78 is 48.8. The maximum absolute atomic E-state index is 14.7. The van der Waals surface area contributed by atoms with Crippen LogP contribution in [0.15, 0.2) is 30.3 Å². The Labute approximate surface area is 166 Å². The van der Waals surface area contributed by atoms with Crippen LogP contribution in [0.1, 0.15) is 70.8 Å². The Balaban J connectivity index is 1.73. The molecule has 1 aliphatic rings. The molecule has 0 amide bonds. The molecule has 0 saturated heterocycles. The number of unbranched alkanes of at least 4 members (excludes halogenated alkanes) is 2. The number of hydrogen-bond acceptors (Lipinski definition) is 1. The van der Waals surface area contributed by atoms with Gasteiger partial charge in [0.1, 0.15) is 0 Å². The normalized spacial score (nSPS) is 20.5. The van der Waals surface area contributed by atoms with Gasteiger partial charge in [-0.2, -0.15) is 8.78 Å². The first-order valence-corrected chi connectivity index (χ1v) is 10.7. The summed E-state index contributed by atoms with van der Waals surface area (Å²) in [6.45, 7) is 4.25. The molecule has 0 heterocycles. The molecule has 0 N–H and O–H groups in total. The molecule has 0 atom stereocenters. The molecule has 1 aliphatic carbocycles. The molecule has 0 unspecified atom stereocenters. The van der Waals surface area contributed by atoms with Crippen LogP contribution in [0, 0.1) is 17.7 Å². The summed E-state index contributed by atoms with van der Waals surface area (Å²) in [6, 6.07) is 8.53. The van der Waals surface area contributed by atoms with Crippen molar-refractivity contribution in [3.63, 3.8) is 0 Å². The van der Waals surface area contributed by atoms with Crippen molar-refractivity contribution in [2.75, 3.05) is 0 Å². The summed E-state index contributed by atoms with van der Waals surface area (Å²) in [5.41, 5.74) is 1.15. The molecule has 2 aromatic rings. The van der Waals surface area contributed by atoms with Crippen molar-refractivity contribution in [3.05, 3.63) is 41.7 Å². The van der Waals surface area contributed by atoms with Crippen LogP contribution in [0.4, 0.5) is 13.2 Å². The summed E-state index contributed by atoms with van der Waals surface area (Å²) in [5, 5.41) is 1.45. The zero-order chi connectivity index (χ0) is 20.1. The minimum absolute atomic E-state index is 0.353. The summed E-state index contributed by atoms with van der Waals surface area (Å²) in [7, 11) is 0. The lowest BCUT2D eigenvalue weighted by Gasteiger charge is -2.33. The van der Waals surface area contributed by atoms with Crippen LogP contribution in [0.25, 0.3) is 10.8 Å². The minimum atomic E-state index is -3.34. The zero-order valence-electron chi connectivity index (χ0n) is 16.9. The Morgan fingerprint density at radius 1 is 0.964 bits per heavy atom. The Kier molecular flexibility index (Phi) is 6.90. The second-order valence-corrected chi connectivity index (χ2v) is 8.21. The molecule has 1 saturated carbocycles. The SMILES string of the molecule is CCCCCc1ccc2cc(OC(F)(F)C3CCC(CC)CC3)c(F)cc2c1. The number of fused-ring (bicyclic) bond motifs is 1. The van der Waals surface area contributed by atoms with Crippen LogP contribution < -0.4 is 4.74 Å². The van der Waals surface area contributed by atoms with Crippen molar-refractivity contribution in [3.8, 4) is 5.75 Å². The number of aryl methyl sites for hydroxylation is 1. The van der Waals surface area contributed by atoms with E-state index in [0.717, 1.165) is 61.3 Å². The number of alkyl halides is 2. The lowest BCUT2D eigenvalue weighted by molar-refractivity contribution is -0.224. The minimum Gasteiger partial charge on any atom is -0.429 e. The lowest BCUT2D eigenvalue weighted by atomic mass is 9.80. The van der Waals surface area contributed by atoms with Crippen molar-refractivity contribution < 1.29 is 17.9 Å². The van der Waals surface area contributed by atoms with Gasteiger partial charge in [-0.3, -0.25) is 0 Å². The monoisotopic (exact) mass is 392 g/mol. The Morgan fingerprint density at radius 3 is 2.39 bits per heavy atom. The van der Waals surface area contributed by atoms with Crippen LogP contribution >= 0.6 is 0 Å². The van der Waals surface area contributed by atoms with E-state index in [1.807, 2.05) is 18.2 Å². The third kappa shape index (κ3) is 5.01. The fourth-order valence-corrected chi connectivity index (χ4v) is 4.25. The second-order valence-electron chi connectivity index (χ2n) is 8.21. The Bertz CT molecular complexity index is 779. The van der Waals surface area contributed by atoms with Crippen LogP contribution in [0.3, 0.4) is 0 Å². The van der Waals surface area contributed by atoms with E-state index in [2.05, 4.69) is 13.8 Å². The highest BCUT2D eigenvalue weighted by molar-refractivity contribution is 5.84. The van der Waals surface area contributed by atoms with E-state index in [1.165, 1.54) is 12.1 Å². The van der Waals surface area contributed by atoms with Crippen molar-refractivity contribution in [1.29, 1.82) is 0 Å². The van der Waals surface area contributed by atoms with Crippen LogP contribution in [-0.4, -0.2) is 6.11 Å². The molecule has 1 nitrogen and oxygen atoms in total. The van der Waals surface area contributed by atoms with Gasteiger partial charge in [-0.05, 0) is 72.9 Å². The first kappa shape index (κ1) is 21.0. The number of ether oxygens (including phenoxy) is 1. The summed E-state index contributed by atoms with van der Waals surface area (Å²) in [4.78, 5) is 0. The molecular formula is C24H31F3O. The van der Waals surface area contributed by atoms with E-state index in [4.69, 9.17) is 4.74 Å².